The van der Waals surface area contributed by atoms with Crippen molar-refractivity contribution in [2.75, 3.05) is 13.1 Å². The fourth-order valence-corrected chi connectivity index (χ4v) is 1.80. The largest absolute Gasteiger partial charge is 0.354 e. The van der Waals surface area contributed by atoms with Gasteiger partial charge in [-0.05, 0) is 45.2 Å². The molecule has 1 aliphatic rings. The van der Waals surface area contributed by atoms with Crippen molar-refractivity contribution in [3.05, 3.63) is 0 Å². The average molecular weight is 198 g/mol. The van der Waals surface area contributed by atoms with E-state index in [1.54, 1.807) is 0 Å². The molecule has 0 bridgehead atoms. The molecule has 1 fully saturated rings. The lowest BCUT2D eigenvalue weighted by Crippen LogP contribution is -2.37. The third kappa shape index (κ3) is 4.09. The van der Waals surface area contributed by atoms with Crippen LogP contribution < -0.4 is 10.6 Å². The molecule has 0 saturated carbocycles. The Bertz CT molecular complexity index is 176. The lowest BCUT2D eigenvalue weighted by Gasteiger charge is -2.22. The Labute approximate surface area is 86.6 Å². The molecule has 3 heteroatoms. The Kier molecular flexibility index (Phi) is 4.94. The van der Waals surface area contributed by atoms with Crippen molar-refractivity contribution in [1.29, 1.82) is 0 Å². The zero-order valence-corrected chi connectivity index (χ0v) is 9.31. The first-order chi connectivity index (χ1) is 6.72. The number of hydrogen-bond donors (Lipinski definition) is 2. The van der Waals surface area contributed by atoms with Crippen LogP contribution in [0.5, 0.6) is 0 Å². The van der Waals surface area contributed by atoms with Crippen molar-refractivity contribution in [2.45, 2.75) is 45.6 Å². The van der Waals surface area contributed by atoms with Gasteiger partial charge in [-0.2, -0.15) is 0 Å². The zero-order chi connectivity index (χ0) is 10.4. The summed E-state index contributed by atoms with van der Waals surface area (Å²) in [6.07, 6.45) is 4.11. The Hall–Kier alpha value is -0.570. The highest BCUT2D eigenvalue weighted by molar-refractivity contribution is 5.76. The summed E-state index contributed by atoms with van der Waals surface area (Å²) in [5.41, 5.74) is 0. The van der Waals surface area contributed by atoms with E-state index in [2.05, 4.69) is 24.5 Å². The lowest BCUT2D eigenvalue weighted by atomic mass is 9.96. The van der Waals surface area contributed by atoms with E-state index in [0.29, 0.717) is 18.4 Å². The van der Waals surface area contributed by atoms with Gasteiger partial charge < -0.3 is 10.6 Å². The predicted molar refractivity (Wildman–Crippen MR) is 58.1 cm³/mol. The van der Waals surface area contributed by atoms with Gasteiger partial charge in [-0.1, -0.05) is 6.92 Å². The second-order valence-electron chi connectivity index (χ2n) is 4.29. The third-order valence-electron chi connectivity index (χ3n) is 2.89. The molecule has 2 atom stereocenters. The highest BCUT2D eigenvalue weighted by atomic mass is 16.1. The van der Waals surface area contributed by atoms with Crippen molar-refractivity contribution in [2.24, 2.45) is 5.92 Å². The summed E-state index contributed by atoms with van der Waals surface area (Å²) < 4.78 is 0. The summed E-state index contributed by atoms with van der Waals surface area (Å²) in [5.74, 6) is 0.765. The molecule has 1 saturated heterocycles. The normalized spacial score (nSPS) is 24.3. The first-order valence-corrected chi connectivity index (χ1v) is 5.72. The van der Waals surface area contributed by atoms with Crippen LogP contribution in [-0.4, -0.2) is 25.0 Å². The van der Waals surface area contributed by atoms with Crippen molar-refractivity contribution < 1.29 is 4.79 Å². The minimum atomic E-state index is 0.216. The van der Waals surface area contributed by atoms with Gasteiger partial charge in [-0.15, -0.1) is 0 Å². The maximum absolute atomic E-state index is 11.5. The molecule has 0 aromatic carbocycles. The van der Waals surface area contributed by atoms with Crippen molar-refractivity contribution >= 4 is 5.91 Å². The van der Waals surface area contributed by atoms with E-state index in [1.807, 2.05) is 0 Å². The molecule has 0 spiro atoms. The molecule has 1 amide bonds. The van der Waals surface area contributed by atoms with E-state index in [1.165, 1.54) is 12.8 Å². The summed E-state index contributed by atoms with van der Waals surface area (Å²) in [4.78, 5) is 11.5. The van der Waals surface area contributed by atoms with Gasteiger partial charge in [0.1, 0.15) is 0 Å². The van der Waals surface area contributed by atoms with Crippen LogP contribution in [0.3, 0.4) is 0 Å². The molecule has 0 aromatic rings. The Morgan fingerprint density at radius 2 is 2.43 bits per heavy atom. The summed E-state index contributed by atoms with van der Waals surface area (Å²) in [6.45, 7) is 6.27. The average Bonchev–Trinajstić information content (AvgIpc) is 2.19. The zero-order valence-electron chi connectivity index (χ0n) is 9.31. The maximum atomic E-state index is 11.5. The van der Waals surface area contributed by atoms with E-state index in [4.69, 9.17) is 0 Å². The molecular formula is C11H22N2O. The van der Waals surface area contributed by atoms with Gasteiger partial charge >= 0.3 is 0 Å². The van der Waals surface area contributed by atoms with Crippen LogP contribution in [0.4, 0.5) is 0 Å². The molecule has 2 N–H and O–H groups in total. The van der Waals surface area contributed by atoms with Gasteiger partial charge in [-0.3, -0.25) is 4.79 Å². The van der Waals surface area contributed by atoms with Crippen LogP contribution in [0.25, 0.3) is 0 Å². The van der Waals surface area contributed by atoms with Gasteiger partial charge in [0, 0.05) is 12.5 Å². The fourth-order valence-electron chi connectivity index (χ4n) is 1.80. The smallest absolute Gasteiger partial charge is 0.220 e. The Balaban J connectivity index is 2.18. The number of rotatable bonds is 4. The molecule has 1 rings (SSSR count). The first-order valence-electron chi connectivity index (χ1n) is 5.72. The van der Waals surface area contributed by atoms with Crippen molar-refractivity contribution in [3.63, 3.8) is 0 Å². The lowest BCUT2D eigenvalue weighted by molar-refractivity contribution is -0.122. The highest BCUT2D eigenvalue weighted by Gasteiger charge is 2.17. The minimum Gasteiger partial charge on any atom is -0.354 e. The molecule has 1 heterocycles. The minimum absolute atomic E-state index is 0.216. The first kappa shape index (κ1) is 11.5. The second kappa shape index (κ2) is 6.02. The molecule has 82 valence electrons. The molecule has 0 aromatic heterocycles. The standard InChI is InChI=1S/C11H22N2O/c1-3-9(2)13-11(14)7-10-5-4-6-12-8-10/h9-10,12H,3-8H2,1-2H3,(H,13,14). The summed E-state index contributed by atoms with van der Waals surface area (Å²) in [5, 5.41) is 6.34. The number of nitrogens with one attached hydrogen (secondary N) is 2. The molecule has 1 aliphatic heterocycles. The predicted octanol–water partition coefficient (Wildman–Crippen LogP) is 1.29. The Morgan fingerprint density at radius 3 is 3.00 bits per heavy atom. The van der Waals surface area contributed by atoms with Crippen molar-refractivity contribution in [1.82, 2.24) is 10.6 Å². The molecule has 0 radical (unpaired) electrons. The fraction of sp³-hybridized carbons (Fsp3) is 0.909. The van der Waals surface area contributed by atoms with Gasteiger partial charge in [0.2, 0.25) is 5.91 Å². The summed E-state index contributed by atoms with van der Waals surface area (Å²) in [7, 11) is 0. The van der Waals surface area contributed by atoms with E-state index in [0.717, 1.165) is 19.5 Å². The number of piperidine rings is 1. The quantitative estimate of drug-likeness (QED) is 0.714. The number of amides is 1. The van der Waals surface area contributed by atoms with E-state index in [-0.39, 0.29) is 5.91 Å². The molecule has 3 nitrogen and oxygen atoms in total. The Morgan fingerprint density at radius 1 is 1.64 bits per heavy atom. The van der Waals surface area contributed by atoms with Crippen LogP contribution >= 0.6 is 0 Å². The number of carbonyl (C=O) groups is 1. The van der Waals surface area contributed by atoms with Crippen molar-refractivity contribution in [3.8, 4) is 0 Å². The van der Waals surface area contributed by atoms with E-state index in [9.17, 15) is 4.79 Å². The van der Waals surface area contributed by atoms with Crippen LogP contribution in [0.15, 0.2) is 0 Å². The van der Waals surface area contributed by atoms with Gasteiger partial charge in [0.15, 0.2) is 0 Å². The van der Waals surface area contributed by atoms with E-state index < -0.39 is 0 Å². The van der Waals surface area contributed by atoms with Crippen LogP contribution in [0.1, 0.15) is 39.5 Å². The monoisotopic (exact) mass is 198 g/mol. The second-order valence-corrected chi connectivity index (χ2v) is 4.29. The third-order valence-corrected chi connectivity index (χ3v) is 2.89. The van der Waals surface area contributed by atoms with Crippen LogP contribution in [-0.2, 0) is 4.79 Å². The summed E-state index contributed by atoms with van der Waals surface area (Å²) in [6, 6.07) is 0.319. The number of hydrogen-bond acceptors (Lipinski definition) is 2. The molecular weight excluding hydrogens is 176 g/mol. The van der Waals surface area contributed by atoms with E-state index >= 15 is 0 Å². The van der Waals surface area contributed by atoms with Crippen LogP contribution in [0, 0.1) is 5.92 Å². The maximum Gasteiger partial charge on any atom is 0.220 e. The molecule has 0 aliphatic carbocycles. The summed E-state index contributed by atoms with van der Waals surface area (Å²) >= 11 is 0. The topological polar surface area (TPSA) is 41.1 Å². The number of carbonyl (C=O) groups excluding carboxylic acids is 1. The molecule has 2 unspecified atom stereocenters. The van der Waals surface area contributed by atoms with Gasteiger partial charge in [0.05, 0.1) is 0 Å². The SMILES string of the molecule is CCC(C)NC(=O)CC1CCCNC1. The van der Waals surface area contributed by atoms with Gasteiger partial charge in [-0.25, -0.2) is 0 Å². The highest BCUT2D eigenvalue weighted by Crippen LogP contribution is 2.13. The molecule has 14 heavy (non-hydrogen) atoms. The van der Waals surface area contributed by atoms with Gasteiger partial charge in [0.25, 0.3) is 0 Å². The van der Waals surface area contributed by atoms with Crippen LogP contribution in [0.2, 0.25) is 0 Å².